The Morgan fingerprint density at radius 1 is 1.00 bits per heavy atom. The highest BCUT2D eigenvalue weighted by molar-refractivity contribution is 6.46. The topological polar surface area (TPSA) is 81.1 Å². The Labute approximate surface area is 196 Å². The number of benzene rings is 2. The molecule has 2 N–H and O–H groups in total. The van der Waals surface area contributed by atoms with Crippen LogP contribution in [0.5, 0.6) is 5.75 Å². The Morgan fingerprint density at radius 2 is 1.61 bits per heavy atom. The van der Waals surface area contributed by atoms with Crippen LogP contribution in [-0.2, 0) is 9.59 Å². The van der Waals surface area contributed by atoms with Crippen LogP contribution in [0.15, 0.2) is 42.0 Å². The van der Waals surface area contributed by atoms with E-state index < -0.39 is 17.7 Å². The third-order valence-electron chi connectivity index (χ3n) is 6.57. The summed E-state index contributed by atoms with van der Waals surface area (Å²) in [5, 5.41) is 21.7. The number of Topliss-reactive ketones (excluding diaryl/α,β-unsaturated/α-hetero) is 1. The molecule has 0 radical (unpaired) electrons. The van der Waals surface area contributed by atoms with E-state index in [0.29, 0.717) is 13.0 Å². The molecule has 2 aromatic carbocycles. The van der Waals surface area contributed by atoms with Gasteiger partial charge >= 0.3 is 0 Å². The molecule has 176 valence electrons. The lowest BCUT2D eigenvalue weighted by Crippen LogP contribution is -2.33. The van der Waals surface area contributed by atoms with Gasteiger partial charge in [-0.2, -0.15) is 0 Å². The Kier molecular flexibility index (Phi) is 7.59. The van der Waals surface area contributed by atoms with Gasteiger partial charge in [0.15, 0.2) is 0 Å². The highest BCUT2D eigenvalue weighted by atomic mass is 16.3. The smallest absolute Gasteiger partial charge is 0.295 e. The maximum absolute atomic E-state index is 13.2. The standard InChI is InChI=1S/C27H34N2O4/c1-6-28(7-2)13-8-14-29-24(20-11-9-17(3)10-12-20)23(26(32)27(29)33)25(31)21-15-18(4)19(5)16-22(21)30/h9-12,15-16,24,30-31H,6-8,13-14H2,1-5H3/b25-23+. The molecule has 1 atom stereocenters. The van der Waals surface area contributed by atoms with Gasteiger partial charge in [-0.3, -0.25) is 9.59 Å². The number of hydrogen-bond donors (Lipinski definition) is 2. The third-order valence-corrected chi connectivity index (χ3v) is 6.57. The van der Waals surface area contributed by atoms with Crippen molar-refractivity contribution in [2.45, 2.75) is 47.1 Å². The second kappa shape index (κ2) is 10.2. The van der Waals surface area contributed by atoms with Gasteiger partial charge in [0.2, 0.25) is 0 Å². The zero-order chi connectivity index (χ0) is 24.3. The van der Waals surface area contributed by atoms with Crippen LogP contribution in [0.3, 0.4) is 0 Å². The molecule has 1 unspecified atom stereocenters. The summed E-state index contributed by atoms with van der Waals surface area (Å²) in [6, 6.07) is 10.1. The van der Waals surface area contributed by atoms with Crippen LogP contribution in [0.4, 0.5) is 0 Å². The van der Waals surface area contributed by atoms with Crippen molar-refractivity contribution in [2.75, 3.05) is 26.2 Å². The second-order valence-electron chi connectivity index (χ2n) is 8.74. The van der Waals surface area contributed by atoms with E-state index in [2.05, 4.69) is 18.7 Å². The summed E-state index contributed by atoms with van der Waals surface area (Å²) in [4.78, 5) is 30.1. The molecule has 0 aliphatic carbocycles. The fourth-order valence-corrected chi connectivity index (χ4v) is 4.35. The van der Waals surface area contributed by atoms with Crippen LogP contribution in [0, 0.1) is 20.8 Å². The third kappa shape index (κ3) is 4.96. The number of ketones is 1. The lowest BCUT2D eigenvalue weighted by molar-refractivity contribution is -0.140. The first-order valence-corrected chi connectivity index (χ1v) is 11.6. The van der Waals surface area contributed by atoms with Gasteiger partial charge in [-0.05, 0) is 75.6 Å². The summed E-state index contributed by atoms with van der Waals surface area (Å²) in [6.07, 6.45) is 0.714. The molecule has 0 saturated carbocycles. The van der Waals surface area contributed by atoms with Crippen molar-refractivity contribution in [1.29, 1.82) is 0 Å². The number of aryl methyl sites for hydroxylation is 3. The van der Waals surface area contributed by atoms with Gasteiger partial charge in [-0.1, -0.05) is 43.7 Å². The lowest BCUT2D eigenvalue weighted by Gasteiger charge is -2.27. The fraction of sp³-hybridized carbons (Fsp3) is 0.407. The van der Waals surface area contributed by atoms with Gasteiger partial charge in [0, 0.05) is 6.54 Å². The van der Waals surface area contributed by atoms with E-state index >= 15 is 0 Å². The molecule has 6 heteroatoms. The molecule has 1 aliphatic heterocycles. The first-order valence-electron chi connectivity index (χ1n) is 11.6. The normalized spacial score (nSPS) is 17.9. The largest absolute Gasteiger partial charge is 0.507 e. The number of phenolic OH excluding ortho intramolecular Hbond substituents is 1. The Morgan fingerprint density at radius 3 is 2.21 bits per heavy atom. The van der Waals surface area contributed by atoms with Gasteiger partial charge < -0.3 is 20.0 Å². The zero-order valence-electron chi connectivity index (χ0n) is 20.2. The highest BCUT2D eigenvalue weighted by Gasteiger charge is 2.46. The van der Waals surface area contributed by atoms with Crippen molar-refractivity contribution in [1.82, 2.24) is 9.80 Å². The van der Waals surface area contributed by atoms with Crippen LogP contribution in [0.1, 0.15) is 54.1 Å². The Hall–Kier alpha value is -3.12. The minimum absolute atomic E-state index is 0.0187. The van der Waals surface area contributed by atoms with Crippen LogP contribution >= 0.6 is 0 Å². The van der Waals surface area contributed by atoms with Gasteiger partial charge in [-0.15, -0.1) is 0 Å². The van der Waals surface area contributed by atoms with Crippen molar-refractivity contribution >= 4 is 17.4 Å². The number of aliphatic hydroxyl groups is 1. The van der Waals surface area contributed by atoms with E-state index in [1.165, 1.54) is 0 Å². The van der Waals surface area contributed by atoms with Gasteiger partial charge in [0.25, 0.3) is 11.7 Å². The molecule has 1 fully saturated rings. The first kappa shape index (κ1) is 24.5. The molecule has 0 spiro atoms. The number of aromatic hydroxyl groups is 1. The van der Waals surface area contributed by atoms with Crippen LogP contribution in [0.25, 0.3) is 5.76 Å². The van der Waals surface area contributed by atoms with E-state index in [1.807, 2.05) is 45.0 Å². The second-order valence-corrected chi connectivity index (χ2v) is 8.74. The molecule has 2 aromatic rings. The number of hydrogen-bond acceptors (Lipinski definition) is 5. The Bertz CT molecular complexity index is 1070. The number of aliphatic hydroxyl groups excluding tert-OH is 1. The van der Waals surface area contributed by atoms with E-state index in [1.54, 1.807) is 17.0 Å². The summed E-state index contributed by atoms with van der Waals surface area (Å²) >= 11 is 0. The summed E-state index contributed by atoms with van der Waals surface area (Å²) in [6.45, 7) is 12.9. The number of amides is 1. The fourth-order valence-electron chi connectivity index (χ4n) is 4.35. The van der Waals surface area contributed by atoms with Gasteiger partial charge in [-0.25, -0.2) is 0 Å². The first-order chi connectivity index (χ1) is 15.7. The molecule has 1 amide bonds. The van der Waals surface area contributed by atoms with Crippen LogP contribution < -0.4 is 0 Å². The molecule has 1 aliphatic rings. The monoisotopic (exact) mass is 450 g/mol. The summed E-state index contributed by atoms with van der Waals surface area (Å²) in [5.41, 5.74) is 3.74. The molecular weight excluding hydrogens is 416 g/mol. The number of carbonyl (C=O) groups is 2. The molecule has 33 heavy (non-hydrogen) atoms. The van der Waals surface area contributed by atoms with Crippen molar-refractivity contribution in [3.63, 3.8) is 0 Å². The predicted octanol–water partition coefficient (Wildman–Crippen LogP) is 4.47. The van der Waals surface area contributed by atoms with E-state index in [4.69, 9.17) is 0 Å². The quantitative estimate of drug-likeness (QED) is 0.352. The molecule has 1 saturated heterocycles. The zero-order valence-corrected chi connectivity index (χ0v) is 20.2. The molecule has 0 aromatic heterocycles. The molecule has 0 bridgehead atoms. The van der Waals surface area contributed by atoms with Crippen LogP contribution in [0.2, 0.25) is 0 Å². The van der Waals surface area contributed by atoms with Gasteiger partial charge in [0.1, 0.15) is 11.5 Å². The molecule has 1 heterocycles. The number of likely N-dealkylation sites (tertiary alicyclic amines) is 1. The average molecular weight is 451 g/mol. The van der Waals surface area contributed by atoms with E-state index in [9.17, 15) is 19.8 Å². The number of phenols is 1. The van der Waals surface area contributed by atoms with Crippen molar-refractivity contribution < 1.29 is 19.8 Å². The minimum atomic E-state index is -0.724. The summed E-state index contributed by atoms with van der Waals surface area (Å²) in [7, 11) is 0. The Balaban J connectivity index is 2.08. The predicted molar refractivity (Wildman–Crippen MR) is 130 cm³/mol. The molecule has 6 nitrogen and oxygen atoms in total. The summed E-state index contributed by atoms with van der Waals surface area (Å²) in [5.74, 6) is -1.81. The van der Waals surface area contributed by atoms with E-state index in [0.717, 1.165) is 41.9 Å². The minimum Gasteiger partial charge on any atom is -0.507 e. The van der Waals surface area contributed by atoms with Crippen molar-refractivity contribution in [2.24, 2.45) is 0 Å². The highest BCUT2D eigenvalue weighted by Crippen LogP contribution is 2.41. The maximum Gasteiger partial charge on any atom is 0.295 e. The SMILES string of the molecule is CCN(CC)CCCN1C(=O)C(=O)/C(=C(/O)c2cc(C)c(C)cc2O)C1c1ccc(C)cc1. The number of carbonyl (C=O) groups excluding carboxylic acids is 2. The van der Waals surface area contributed by atoms with Crippen LogP contribution in [-0.4, -0.2) is 57.9 Å². The average Bonchev–Trinajstić information content (AvgIpc) is 3.04. The van der Waals surface area contributed by atoms with Gasteiger partial charge in [0.05, 0.1) is 17.2 Å². The maximum atomic E-state index is 13.2. The van der Waals surface area contributed by atoms with Crippen molar-refractivity contribution in [3.8, 4) is 5.75 Å². The van der Waals surface area contributed by atoms with E-state index in [-0.39, 0.29) is 22.6 Å². The summed E-state index contributed by atoms with van der Waals surface area (Å²) < 4.78 is 0. The number of rotatable bonds is 8. The molecule has 3 rings (SSSR count). The molecular formula is C27H34N2O4. The lowest BCUT2D eigenvalue weighted by atomic mass is 9.93. The van der Waals surface area contributed by atoms with Crippen molar-refractivity contribution in [3.05, 3.63) is 69.8 Å². The number of nitrogens with zero attached hydrogens (tertiary/aromatic N) is 2.